The van der Waals surface area contributed by atoms with Gasteiger partial charge in [-0.3, -0.25) is 19.7 Å². The molecule has 2 aromatic rings. The molecule has 0 heterocycles. The van der Waals surface area contributed by atoms with Gasteiger partial charge in [-0.25, -0.2) is 0 Å². The zero-order valence-electron chi connectivity index (χ0n) is 10.3. The number of ketones is 2. The Morgan fingerprint density at radius 3 is 2.33 bits per heavy atom. The fourth-order valence-electron chi connectivity index (χ4n) is 2.32. The predicted molar refractivity (Wildman–Crippen MR) is 73.1 cm³/mol. The number of hydrogen-bond donors (Lipinski definition) is 1. The molecule has 0 bridgehead atoms. The average molecular weight is 304 g/mol. The van der Waals surface area contributed by atoms with Crippen molar-refractivity contribution in [3.63, 3.8) is 0 Å². The Kier molecular flexibility index (Phi) is 2.77. The maximum Gasteiger partial charge on any atom is 0.270 e. The van der Waals surface area contributed by atoms with Gasteiger partial charge < -0.3 is 5.11 Å². The zero-order chi connectivity index (χ0) is 15.3. The summed E-state index contributed by atoms with van der Waals surface area (Å²) in [5.41, 5.74) is -0.678. The largest absolute Gasteiger partial charge is 0.507 e. The van der Waals surface area contributed by atoms with Gasteiger partial charge in [0.05, 0.1) is 21.1 Å². The molecule has 1 aliphatic carbocycles. The molecular weight excluding hydrogens is 298 g/mol. The molecule has 3 rings (SSSR count). The summed E-state index contributed by atoms with van der Waals surface area (Å²) in [5.74, 6) is -1.56. The molecule has 0 saturated heterocycles. The van der Waals surface area contributed by atoms with Crippen LogP contribution in [-0.4, -0.2) is 21.6 Å². The van der Waals surface area contributed by atoms with E-state index in [2.05, 4.69) is 0 Å². The third-order valence-electron chi connectivity index (χ3n) is 3.29. The van der Waals surface area contributed by atoms with E-state index < -0.39 is 16.5 Å². The van der Waals surface area contributed by atoms with Crippen molar-refractivity contribution in [2.75, 3.05) is 0 Å². The van der Waals surface area contributed by atoms with E-state index in [0.717, 1.165) is 12.1 Å². The van der Waals surface area contributed by atoms with Gasteiger partial charge in [0.25, 0.3) is 5.69 Å². The number of phenols is 1. The highest BCUT2D eigenvalue weighted by Crippen LogP contribution is 2.37. The highest BCUT2D eigenvalue weighted by atomic mass is 35.5. The van der Waals surface area contributed by atoms with Gasteiger partial charge in [0.15, 0.2) is 11.6 Å². The molecule has 1 N–H and O–H groups in total. The number of fused-ring (bicyclic) bond motifs is 2. The summed E-state index contributed by atoms with van der Waals surface area (Å²) in [4.78, 5) is 34.9. The maximum atomic E-state index is 12.4. The molecule has 0 atom stereocenters. The van der Waals surface area contributed by atoms with Gasteiger partial charge in [0.1, 0.15) is 5.75 Å². The van der Waals surface area contributed by atoms with Gasteiger partial charge in [-0.15, -0.1) is 0 Å². The van der Waals surface area contributed by atoms with E-state index in [9.17, 15) is 24.8 Å². The van der Waals surface area contributed by atoms with Crippen molar-refractivity contribution < 1.29 is 19.6 Å². The molecular formula is C14H6ClNO5. The van der Waals surface area contributed by atoms with E-state index in [1.807, 2.05) is 0 Å². The molecule has 1 aliphatic rings. The van der Waals surface area contributed by atoms with Gasteiger partial charge in [0, 0.05) is 23.3 Å². The van der Waals surface area contributed by atoms with Gasteiger partial charge in [-0.05, 0) is 18.2 Å². The molecule has 104 valence electrons. The Bertz CT molecular complexity index is 843. The van der Waals surface area contributed by atoms with Crippen LogP contribution in [0.5, 0.6) is 5.75 Å². The quantitative estimate of drug-likeness (QED) is 0.550. The molecule has 0 unspecified atom stereocenters. The topological polar surface area (TPSA) is 97.5 Å². The number of phenolic OH excluding ortho intramolecular Hbond substituents is 1. The number of non-ortho nitro benzene ring substituents is 1. The second-order valence-corrected chi connectivity index (χ2v) is 4.87. The minimum Gasteiger partial charge on any atom is -0.507 e. The highest BCUT2D eigenvalue weighted by molar-refractivity contribution is 6.39. The van der Waals surface area contributed by atoms with Crippen LogP contribution in [0.4, 0.5) is 5.69 Å². The lowest BCUT2D eigenvalue weighted by molar-refractivity contribution is -0.384. The molecule has 0 amide bonds. The van der Waals surface area contributed by atoms with Crippen molar-refractivity contribution >= 4 is 28.9 Å². The van der Waals surface area contributed by atoms with Crippen molar-refractivity contribution in [3.8, 4) is 5.75 Å². The monoisotopic (exact) mass is 303 g/mol. The summed E-state index contributed by atoms with van der Waals surface area (Å²) in [6.07, 6.45) is 0. The highest BCUT2D eigenvalue weighted by Gasteiger charge is 2.34. The second kappa shape index (κ2) is 4.39. The van der Waals surface area contributed by atoms with Crippen LogP contribution in [0.3, 0.4) is 0 Å². The van der Waals surface area contributed by atoms with Crippen LogP contribution < -0.4 is 0 Å². The number of rotatable bonds is 1. The van der Waals surface area contributed by atoms with Crippen LogP contribution in [0.1, 0.15) is 31.8 Å². The molecule has 0 radical (unpaired) electrons. The fourth-order valence-corrected chi connectivity index (χ4v) is 2.56. The average Bonchev–Trinajstić information content (AvgIpc) is 2.46. The van der Waals surface area contributed by atoms with Crippen molar-refractivity contribution in [2.24, 2.45) is 0 Å². The summed E-state index contributed by atoms with van der Waals surface area (Å²) >= 11 is 5.93. The second-order valence-electron chi connectivity index (χ2n) is 4.46. The number of aromatic hydroxyl groups is 1. The van der Waals surface area contributed by atoms with Gasteiger partial charge in [-0.2, -0.15) is 0 Å². The lowest BCUT2D eigenvalue weighted by atomic mass is 9.83. The van der Waals surface area contributed by atoms with E-state index in [0.29, 0.717) is 0 Å². The first-order chi connectivity index (χ1) is 9.91. The first-order valence-electron chi connectivity index (χ1n) is 5.81. The number of benzene rings is 2. The Morgan fingerprint density at radius 2 is 1.67 bits per heavy atom. The summed E-state index contributed by atoms with van der Waals surface area (Å²) in [7, 11) is 0. The number of hydrogen-bond acceptors (Lipinski definition) is 5. The van der Waals surface area contributed by atoms with Crippen molar-refractivity contribution in [3.05, 3.63) is 67.7 Å². The van der Waals surface area contributed by atoms with Crippen molar-refractivity contribution in [1.29, 1.82) is 0 Å². The number of carbonyl (C=O) groups is 2. The molecule has 0 fully saturated rings. The normalized spacial score (nSPS) is 12.8. The van der Waals surface area contributed by atoms with Crippen LogP contribution >= 0.6 is 11.6 Å². The molecule has 0 spiro atoms. The van der Waals surface area contributed by atoms with Crippen LogP contribution in [0, 0.1) is 10.1 Å². The molecule has 0 aliphatic heterocycles. The van der Waals surface area contributed by atoms with Crippen LogP contribution in [0.25, 0.3) is 0 Å². The first kappa shape index (κ1) is 13.3. The van der Waals surface area contributed by atoms with Crippen molar-refractivity contribution in [1.82, 2.24) is 0 Å². The molecule has 2 aromatic carbocycles. The van der Waals surface area contributed by atoms with Crippen LogP contribution in [0.2, 0.25) is 5.02 Å². The lowest BCUT2D eigenvalue weighted by Gasteiger charge is -2.18. The molecule has 21 heavy (non-hydrogen) atoms. The predicted octanol–water partition coefficient (Wildman–Crippen LogP) is 2.73. The third kappa shape index (κ3) is 1.80. The molecule has 0 saturated carbocycles. The molecule has 6 nitrogen and oxygen atoms in total. The van der Waals surface area contributed by atoms with E-state index in [1.165, 1.54) is 18.2 Å². The van der Waals surface area contributed by atoms with Gasteiger partial charge in [-0.1, -0.05) is 11.6 Å². The summed E-state index contributed by atoms with van der Waals surface area (Å²) in [6.45, 7) is 0. The number of carbonyl (C=O) groups excluding carboxylic acids is 2. The molecule has 0 aromatic heterocycles. The van der Waals surface area contributed by atoms with Crippen LogP contribution in [-0.2, 0) is 0 Å². The summed E-state index contributed by atoms with van der Waals surface area (Å²) in [6, 6.07) is 5.90. The minimum atomic E-state index is -0.655. The zero-order valence-corrected chi connectivity index (χ0v) is 11.0. The van der Waals surface area contributed by atoms with Crippen molar-refractivity contribution in [2.45, 2.75) is 0 Å². The van der Waals surface area contributed by atoms with E-state index in [-0.39, 0.29) is 38.7 Å². The van der Waals surface area contributed by atoms with Crippen LogP contribution in [0.15, 0.2) is 30.3 Å². The number of nitro benzene ring substituents is 1. The number of halogens is 1. The van der Waals surface area contributed by atoms with Gasteiger partial charge >= 0.3 is 0 Å². The Hall–Kier alpha value is -2.73. The Labute approximate surface area is 122 Å². The number of nitrogens with zero attached hydrogens (tertiary/aromatic N) is 1. The Balaban J connectivity index is 2.33. The van der Waals surface area contributed by atoms with E-state index >= 15 is 0 Å². The summed E-state index contributed by atoms with van der Waals surface area (Å²) in [5, 5.41) is 20.6. The Morgan fingerprint density at radius 1 is 1.00 bits per heavy atom. The lowest BCUT2D eigenvalue weighted by Crippen LogP contribution is -2.21. The number of nitro groups is 1. The maximum absolute atomic E-state index is 12.4. The third-order valence-corrected chi connectivity index (χ3v) is 3.60. The smallest absolute Gasteiger partial charge is 0.270 e. The first-order valence-corrected chi connectivity index (χ1v) is 6.19. The van der Waals surface area contributed by atoms with Gasteiger partial charge in [0.2, 0.25) is 0 Å². The van der Waals surface area contributed by atoms with E-state index in [1.54, 1.807) is 0 Å². The fraction of sp³-hybridized carbons (Fsp3) is 0. The summed E-state index contributed by atoms with van der Waals surface area (Å²) < 4.78 is 0. The van der Waals surface area contributed by atoms with E-state index in [4.69, 9.17) is 11.6 Å². The standard InChI is InChI=1S/C14H6ClNO5/c15-9-3-4-10(17)12-11(9)14(19)8-5-6(16(20)21)1-2-7(8)13(12)18/h1-5,17H. The minimum absolute atomic E-state index is 0.00988. The molecule has 7 heteroatoms. The SMILES string of the molecule is O=C1c2ccc([N+](=O)[O-])cc2C(=O)c2c(Cl)ccc(O)c21.